The number of hydrogen-bond acceptors (Lipinski definition) is 4. The Kier molecular flexibility index (Phi) is 8.00. The van der Waals surface area contributed by atoms with E-state index in [1.165, 1.54) is 7.11 Å². The van der Waals surface area contributed by atoms with Crippen LogP contribution in [-0.4, -0.2) is 25.0 Å². The van der Waals surface area contributed by atoms with Gasteiger partial charge in [-0.15, -0.1) is 0 Å². The van der Waals surface area contributed by atoms with Crippen molar-refractivity contribution >= 4 is 29.2 Å². The average molecular weight is 479 g/mol. The van der Waals surface area contributed by atoms with E-state index in [0.717, 1.165) is 44.1 Å². The molecule has 0 aliphatic carbocycles. The minimum atomic E-state index is -0.717. The average Bonchev–Trinajstić information content (AvgIpc) is 2.79. The Labute approximate surface area is 206 Å². The van der Waals surface area contributed by atoms with Gasteiger partial charge in [-0.25, -0.2) is 4.79 Å². The monoisotopic (exact) mass is 478 g/mol. The normalized spacial score (nSPS) is 12.6. The summed E-state index contributed by atoms with van der Waals surface area (Å²) >= 11 is 6.17. The van der Waals surface area contributed by atoms with E-state index in [9.17, 15) is 9.59 Å². The predicted molar refractivity (Wildman–Crippen MR) is 139 cm³/mol. The molecule has 3 rings (SSSR count). The largest absolute Gasteiger partial charge is 0.467 e. The molecule has 5 nitrogen and oxygen atoms in total. The third kappa shape index (κ3) is 5.78. The van der Waals surface area contributed by atoms with Crippen LogP contribution < -0.4 is 10.6 Å². The maximum absolute atomic E-state index is 12.8. The van der Waals surface area contributed by atoms with E-state index in [1.54, 1.807) is 6.92 Å². The van der Waals surface area contributed by atoms with Crippen LogP contribution in [0.3, 0.4) is 0 Å². The lowest BCUT2D eigenvalue weighted by atomic mass is 9.94. The van der Waals surface area contributed by atoms with Gasteiger partial charge in [0.2, 0.25) is 0 Å². The Morgan fingerprint density at radius 2 is 1.56 bits per heavy atom. The molecule has 2 N–H and O–H groups in total. The molecule has 0 aliphatic rings. The third-order valence-electron chi connectivity index (χ3n) is 5.92. The Bertz CT molecular complexity index is 1200. The van der Waals surface area contributed by atoms with Gasteiger partial charge in [-0.1, -0.05) is 48.0 Å². The molecule has 0 aromatic heterocycles. The van der Waals surface area contributed by atoms with Gasteiger partial charge in [0.05, 0.1) is 7.11 Å². The molecule has 2 atom stereocenters. The molecule has 34 heavy (non-hydrogen) atoms. The number of nitrogens with one attached hydrogen (secondary N) is 2. The Morgan fingerprint density at radius 1 is 0.882 bits per heavy atom. The molecular formula is C28H31ClN2O3. The molecule has 1 unspecified atom stereocenters. The first-order chi connectivity index (χ1) is 16.1. The highest BCUT2D eigenvalue weighted by Crippen LogP contribution is 2.29. The van der Waals surface area contributed by atoms with Gasteiger partial charge in [0, 0.05) is 22.3 Å². The molecule has 0 bridgehead atoms. The fraction of sp³-hybridized carbons (Fsp3) is 0.286. The molecule has 0 heterocycles. The van der Waals surface area contributed by atoms with Crippen LogP contribution in [0.2, 0.25) is 5.02 Å². The van der Waals surface area contributed by atoms with Gasteiger partial charge in [0.15, 0.2) is 0 Å². The van der Waals surface area contributed by atoms with Gasteiger partial charge in [0.1, 0.15) is 6.04 Å². The summed E-state index contributed by atoms with van der Waals surface area (Å²) in [5, 5.41) is 7.03. The maximum atomic E-state index is 12.8. The number of benzene rings is 3. The number of hydrogen-bond donors (Lipinski definition) is 2. The van der Waals surface area contributed by atoms with E-state index in [0.29, 0.717) is 5.56 Å². The molecule has 3 aromatic rings. The van der Waals surface area contributed by atoms with Crippen LogP contribution in [0.15, 0.2) is 54.6 Å². The van der Waals surface area contributed by atoms with Gasteiger partial charge in [-0.3, -0.25) is 4.79 Å². The molecule has 0 saturated heterocycles. The van der Waals surface area contributed by atoms with Crippen molar-refractivity contribution in [1.82, 2.24) is 5.32 Å². The zero-order valence-electron chi connectivity index (χ0n) is 20.5. The minimum absolute atomic E-state index is 0.109. The number of rotatable bonds is 7. The lowest BCUT2D eigenvalue weighted by molar-refractivity contribution is -0.142. The van der Waals surface area contributed by atoms with Crippen molar-refractivity contribution in [3.63, 3.8) is 0 Å². The Hall–Kier alpha value is -3.31. The van der Waals surface area contributed by atoms with Gasteiger partial charge < -0.3 is 15.4 Å². The quantitative estimate of drug-likeness (QED) is 0.386. The summed E-state index contributed by atoms with van der Waals surface area (Å²) < 4.78 is 4.70. The number of amides is 1. The van der Waals surface area contributed by atoms with E-state index in [2.05, 4.69) is 35.8 Å². The van der Waals surface area contributed by atoms with Gasteiger partial charge in [-0.2, -0.15) is 0 Å². The summed E-state index contributed by atoms with van der Waals surface area (Å²) in [5.41, 5.74) is 7.54. The SMILES string of the molecule is COC(=O)C(C)NC(=O)c1c(C)cc(-c2cccc(N[C@H](C)c3ccc(Cl)c(C)c3)c2)cc1C. The Morgan fingerprint density at radius 3 is 2.18 bits per heavy atom. The zero-order valence-corrected chi connectivity index (χ0v) is 21.2. The van der Waals surface area contributed by atoms with E-state index in [4.69, 9.17) is 16.3 Å². The molecule has 3 aromatic carbocycles. The number of aryl methyl sites for hydroxylation is 3. The topological polar surface area (TPSA) is 67.4 Å². The highest BCUT2D eigenvalue weighted by atomic mass is 35.5. The zero-order chi connectivity index (χ0) is 25.0. The highest BCUT2D eigenvalue weighted by Gasteiger charge is 2.20. The second-order valence-electron chi connectivity index (χ2n) is 8.66. The maximum Gasteiger partial charge on any atom is 0.328 e. The van der Waals surface area contributed by atoms with Crippen LogP contribution in [0.25, 0.3) is 11.1 Å². The van der Waals surface area contributed by atoms with E-state index in [1.807, 2.05) is 57.2 Å². The van der Waals surface area contributed by atoms with Crippen molar-refractivity contribution in [3.8, 4) is 11.1 Å². The van der Waals surface area contributed by atoms with E-state index >= 15 is 0 Å². The standard InChI is InChI=1S/C28H31ClN2O3/c1-16-12-21(10-11-25(16)29)19(4)30-24-9-7-8-22(15-24)23-13-17(2)26(18(3)14-23)27(32)31-20(5)28(33)34-6/h7-15,19-20,30H,1-6H3,(H,31,32)/t19-,20?/m1/s1. The molecule has 178 valence electrons. The fourth-order valence-electron chi connectivity index (χ4n) is 4.05. The summed E-state index contributed by atoms with van der Waals surface area (Å²) in [6.07, 6.45) is 0. The summed E-state index contributed by atoms with van der Waals surface area (Å²) in [6.45, 7) is 9.53. The molecule has 0 fully saturated rings. The molecule has 0 spiro atoms. The lowest BCUT2D eigenvalue weighted by Crippen LogP contribution is -2.39. The number of carbonyl (C=O) groups excluding carboxylic acids is 2. The van der Waals surface area contributed by atoms with Gasteiger partial charge >= 0.3 is 5.97 Å². The van der Waals surface area contributed by atoms with Crippen LogP contribution in [0.1, 0.15) is 52.5 Å². The van der Waals surface area contributed by atoms with Crippen LogP contribution in [0, 0.1) is 20.8 Å². The number of esters is 1. The molecule has 0 saturated carbocycles. The smallest absolute Gasteiger partial charge is 0.328 e. The number of carbonyl (C=O) groups is 2. The second-order valence-corrected chi connectivity index (χ2v) is 9.07. The van der Waals surface area contributed by atoms with E-state index in [-0.39, 0.29) is 11.9 Å². The van der Waals surface area contributed by atoms with Crippen LogP contribution in [-0.2, 0) is 9.53 Å². The number of halogens is 1. The lowest BCUT2D eigenvalue weighted by Gasteiger charge is -2.18. The number of methoxy groups -OCH3 is 1. The van der Waals surface area contributed by atoms with Crippen molar-refractivity contribution < 1.29 is 14.3 Å². The molecule has 0 radical (unpaired) electrons. The molecule has 1 amide bonds. The van der Waals surface area contributed by atoms with Crippen molar-refractivity contribution in [2.24, 2.45) is 0 Å². The summed E-state index contributed by atoms with van der Waals surface area (Å²) in [4.78, 5) is 24.5. The van der Waals surface area contributed by atoms with Crippen LogP contribution >= 0.6 is 11.6 Å². The first kappa shape index (κ1) is 25.3. The fourth-order valence-corrected chi connectivity index (χ4v) is 4.17. The first-order valence-electron chi connectivity index (χ1n) is 11.2. The Balaban J connectivity index is 1.82. The highest BCUT2D eigenvalue weighted by molar-refractivity contribution is 6.31. The summed E-state index contributed by atoms with van der Waals surface area (Å²) in [5.74, 6) is -0.769. The minimum Gasteiger partial charge on any atom is -0.467 e. The van der Waals surface area contributed by atoms with Gasteiger partial charge in [0.25, 0.3) is 5.91 Å². The summed E-state index contributed by atoms with van der Waals surface area (Å²) in [7, 11) is 1.30. The first-order valence-corrected chi connectivity index (χ1v) is 11.6. The third-order valence-corrected chi connectivity index (χ3v) is 6.35. The van der Waals surface area contributed by atoms with Crippen LogP contribution in [0.4, 0.5) is 5.69 Å². The second kappa shape index (κ2) is 10.7. The van der Waals surface area contributed by atoms with Gasteiger partial charge in [-0.05, 0) is 86.2 Å². The number of anilines is 1. The molecular weight excluding hydrogens is 448 g/mol. The van der Waals surface area contributed by atoms with Crippen molar-refractivity contribution in [2.45, 2.75) is 46.7 Å². The predicted octanol–water partition coefficient (Wildman–Crippen LogP) is 6.40. The van der Waals surface area contributed by atoms with E-state index < -0.39 is 12.0 Å². The molecule has 6 heteroatoms. The number of ether oxygens (including phenoxy) is 1. The van der Waals surface area contributed by atoms with Crippen molar-refractivity contribution in [1.29, 1.82) is 0 Å². The summed E-state index contributed by atoms with van der Waals surface area (Å²) in [6, 6.07) is 17.7. The van der Waals surface area contributed by atoms with Crippen molar-refractivity contribution in [2.75, 3.05) is 12.4 Å². The van der Waals surface area contributed by atoms with Crippen LogP contribution in [0.5, 0.6) is 0 Å². The molecule has 0 aliphatic heterocycles. The van der Waals surface area contributed by atoms with Crippen molar-refractivity contribution in [3.05, 3.63) is 87.4 Å².